The van der Waals surface area contributed by atoms with Crippen LogP contribution < -0.4 is 10.2 Å². The zero-order chi connectivity index (χ0) is 19.5. The van der Waals surface area contributed by atoms with Crippen LogP contribution in [0.5, 0.6) is 0 Å². The van der Waals surface area contributed by atoms with Crippen LogP contribution in [0.15, 0.2) is 35.5 Å². The smallest absolute Gasteiger partial charge is 0.251 e. The molecular weight excluding hydrogens is 392 g/mol. The first-order chi connectivity index (χ1) is 13.6. The van der Waals surface area contributed by atoms with E-state index in [0.717, 1.165) is 43.2 Å². The quantitative estimate of drug-likeness (QED) is 0.425. The lowest BCUT2D eigenvalue weighted by Crippen LogP contribution is -2.33. The van der Waals surface area contributed by atoms with Crippen LogP contribution >= 0.6 is 23.4 Å². The summed E-state index contributed by atoms with van der Waals surface area (Å²) in [6.07, 6.45) is 4.54. The van der Waals surface area contributed by atoms with Crippen molar-refractivity contribution in [3.8, 4) is 0 Å². The van der Waals surface area contributed by atoms with Gasteiger partial charge in [0.2, 0.25) is 0 Å². The van der Waals surface area contributed by atoms with Gasteiger partial charge < -0.3 is 10.2 Å². The average molecular weight is 417 g/mol. The lowest BCUT2D eigenvalue weighted by molar-refractivity contribution is 0.0951. The number of halogens is 1. The van der Waals surface area contributed by atoms with Gasteiger partial charge in [-0.25, -0.2) is 9.97 Å². The Morgan fingerprint density at radius 3 is 2.75 bits per heavy atom. The molecule has 148 valence electrons. The molecule has 1 aromatic heterocycles. The maximum absolute atomic E-state index is 12.2. The molecule has 1 N–H and O–H groups in total. The number of carbonyl (C=O) groups excluding carboxylic acids is 1. The second kappa shape index (κ2) is 8.70. The van der Waals surface area contributed by atoms with Gasteiger partial charge in [0.1, 0.15) is 11.0 Å². The van der Waals surface area contributed by atoms with Gasteiger partial charge in [0, 0.05) is 36.5 Å². The lowest BCUT2D eigenvalue weighted by Gasteiger charge is -2.31. The van der Waals surface area contributed by atoms with Crippen LogP contribution in [0.2, 0.25) is 5.15 Å². The molecule has 0 bridgehead atoms. The number of nitrogens with one attached hydrogen (secondary N) is 1. The van der Waals surface area contributed by atoms with E-state index < -0.39 is 0 Å². The SMILES string of the molecule is CC1CCN(c2cc(Cl)nc(SCc3cccc(C(=O)NC4CC4)c3)n2)CC1. The van der Waals surface area contributed by atoms with Crippen LogP contribution in [0, 0.1) is 5.92 Å². The summed E-state index contributed by atoms with van der Waals surface area (Å²) >= 11 is 7.80. The summed E-state index contributed by atoms with van der Waals surface area (Å²) in [6, 6.07) is 9.97. The summed E-state index contributed by atoms with van der Waals surface area (Å²) in [4.78, 5) is 23.6. The molecule has 0 atom stereocenters. The Morgan fingerprint density at radius 1 is 1.21 bits per heavy atom. The second-order valence-electron chi connectivity index (χ2n) is 7.74. The normalized spacial score (nSPS) is 17.6. The standard InChI is InChI=1S/C21H25ClN4OS/c1-14-7-9-26(10-8-14)19-12-18(22)24-21(25-19)28-13-15-3-2-4-16(11-15)20(27)23-17-5-6-17/h2-4,11-12,14,17H,5-10,13H2,1H3,(H,23,27). The molecule has 1 aliphatic carbocycles. The van der Waals surface area contributed by atoms with E-state index in [1.165, 1.54) is 12.8 Å². The number of anilines is 1. The van der Waals surface area contributed by atoms with E-state index in [-0.39, 0.29) is 5.91 Å². The molecule has 1 amide bonds. The number of aromatic nitrogens is 2. The highest BCUT2D eigenvalue weighted by Gasteiger charge is 2.24. The molecule has 4 rings (SSSR count). The molecular formula is C21H25ClN4OS. The fourth-order valence-corrected chi connectivity index (χ4v) is 4.32. The molecule has 2 aliphatic rings. The largest absolute Gasteiger partial charge is 0.356 e. The van der Waals surface area contributed by atoms with E-state index in [2.05, 4.69) is 22.1 Å². The van der Waals surface area contributed by atoms with Crippen molar-refractivity contribution >= 4 is 35.1 Å². The Hall–Kier alpha value is -1.79. The van der Waals surface area contributed by atoms with Crippen molar-refractivity contribution in [3.05, 3.63) is 46.6 Å². The van der Waals surface area contributed by atoms with Crippen LogP contribution in [-0.4, -0.2) is 35.0 Å². The third kappa shape index (κ3) is 5.17. The molecule has 0 unspecified atom stereocenters. The summed E-state index contributed by atoms with van der Waals surface area (Å²) in [5.41, 5.74) is 1.78. The number of hydrogen-bond donors (Lipinski definition) is 1. The molecule has 1 saturated carbocycles. The van der Waals surface area contributed by atoms with Gasteiger partial charge in [0.05, 0.1) is 0 Å². The van der Waals surface area contributed by atoms with Gasteiger partial charge in [-0.3, -0.25) is 4.79 Å². The third-order valence-corrected chi connectivity index (χ3v) is 6.35. The molecule has 1 aliphatic heterocycles. The zero-order valence-electron chi connectivity index (χ0n) is 16.0. The molecule has 1 saturated heterocycles. The van der Waals surface area contributed by atoms with Gasteiger partial charge in [-0.15, -0.1) is 0 Å². The summed E-state index contributed by atoms with van der Waals surface area (Å²) in [6.45, 7) is 4.32. The molecule has 5 nitrogen and oxygen atoms in total. The maximum atomic E-state index is 12.2. The molecule has 2 fully saturated rings. The van der Waals surface area contributed by atoms with Gasteiger partial charge in [0.15, 0.2) is 5.16 Å². The van der Waals surface area contributed by atoms with Crippen molar-refractivity contribution in [2.24, 2.45) is 5.92 Å². The van der Waals surface area contributed by atoms with Gasteiger partial charge >= 0.3 is 0 Å². The predicted molar refractivity (Wildman–Crippen MR) is 114 cm³/mol. The van der Waals surface area contributed by atoms with Crippen molar-refractivity contribution in [2.45, 2.75) is 49.6 Å². The van der Waals surface area contributed by atoms with E-state index in [9.17, 15) is 4.79 Å². The van der Waals surface area contributed by atoms with Crippen LogP contribution in [0.4, 0.5) is 5.82 Å². The molecule has 0 spiro atoms. The molecule has 2 aromatic rings. The highest BCUT2D eigenvalue weighted by molar-refractivity contribution is 7.98. The Balaban J connectivity index is 1.41. The lowest BCUT2D eigenvalue weighted by atomic mass is 9.99. The number of nitrogens with zero attached hydrogens (tertiary/aromatic N) is 3. The van der Waals surface area contributed by atoms with Crippen molar-refractivity contribution in [3.63, 3.8) is 0 Å². The van der Waals surface area contributed by atoms with Crippen molar-refractivity contribution in [1.29, 1.82) is 0 Å². The minimum atomic E-state index is 0.00923. The molecule has 28 heavy (non-hydrogen) atoms. The Kier molecular flexibility index (Phi) is 6.07. The number of carbonyl (C=O) groups is 1. The Labute approximate surface area is 175 Å². The van der Waals surface area contributed by atoms with Crippen LogP contribution in [0.3, 0.4) is 0 Å². The average Bonchev–Trinajstić information content (AvgIpc) is 3.51. The highest BCUT2D eigenvalue weighted by Crippen LogP contribution is 2.27. The fraction of sp³-hybridized carbons (Fsp3) is 0.476. The molecule has 7 heteroatoms. The fourth-order valence-electron chi connectivity index (χ4n) is 3.30. The number of hydrogen-bond acceptors (Lipinski definition) is 5. The van der Waals surface area contributed by atoms with Crippen LogP contribution in [0.25, 0.3) is 0 Å². The van der Waals surface area contributed by atoms with E-state index in [1.807, 2.05) is 30.3 Å². The maximum Gasteiger partial charge on any atom is 0.251 e. The monoisotopic (exact) mass is 416 g/mol. The minimum absolute atomic E-state index is 0.00923. The number of piperidine rings is 1. The number of benzene rings is 1. The number of rotatable bonds is 6. The molecule has 2 heterocycles. The second-order valence-corrected chi connectivity index (χ2v) is 9.07. The minimum Gasteiger partial charge on any atom is -0.356 e. The summed E-state index contributed by atoms with van der Waals surface area (Å²) in [7, 11) is 0. The van der Waals surface area contributed by atoms with Crippen molar-refractivity contribution < 1.29 is 4.79 Å². The van der Waals surface area contributed by atoms with Gasteiger partial charge in [-0.2, -0.15) is 0 Å². The zero-order valence-corrected chi connectivity index (χ0v) is 17.6. The number of thioether (sulfide) groups is 1. The molecule has 0 radical (unpaired) electrons. The first kappa shape index (κ1) is 19.5. The van der Waals surface area contributed by atoms with E-state index in [0.29, 0.717) is 27.7 Å². The summed E-state index contributed by atoms with van der Waals surface area (Å²) in [5.74, 6) is 2.38. The van der Waals surface area contributed by atoms with Crippen molar-refractivity contribution in [1.82, 2.24) is 15.3 Å². The van der Waals surface area contributed by atoms with E-state index in [1.54, 1.807) is 11.8 Å². The van der Waals surface area contributed by atoms with E-state index in [4.69, 9.17) is 16.6 Å². The Morgan fingerprint density at radius 2 is 2.00 bits per heavy atom. The van der Waals surface area contributed by atoms with Crippen LogP contribution in [0.1, 0.15) is 48.5 Å². The summed E-state index contributed by atoms with van der Waals surface area (Å²) < 4.78 is 0. The topological polar surface area (TPSA) is 58.1 Å². The highest BCUT2D eigenvalue weighted by atomic mass is 35.5. The van der Waals surface area contributed by atoms with E-state index >= 15 is 0 Å². The number of amides is 1. The van der Waals surface area contributed by atoms with Gasteiger partial charge in [0.25, 0.3) is 5.91 Å². The molecule has 1 aromatic carbocycles. The summed E-state index contributed by atoms with van der Waals surface area (Å²) in [5, 5.41) is 4.18. The third-order valence-electron chi connectivity index (χ3n) is 5.24. The van der Waals surface area contributed by atoms with Gasteiger partial charge in [-0.05, 0) is 49.3 Å². The van der Waals surface area contributed by atoms with Crippen molar-refractivity contribution in [2.75, 3.05) is 18.0 Å². The first-order valence-electron chi connectivity index (χ1n) is 9.89. The predicted octanol–water partition coefficient (Wildman–Crippen LogP) is 4.55. The first-order valence-corrected chi connectivity index (χ1v) is 11.3. The Bertz CT molecular complexity index is 850. The van der Waals surface area contributed by atoms with Crippen LogP contribution in [-0.2, 0) is 5.75 Å². The van der Waals surface area contributed by atoms with Gasteiger partial charge in [-0.1, -0.05) is 42.4 Å².